The number of hydrogen-bond acceptors (Lipinski definition) is 7. The predicted octanol–water partition coefficient (Wildman–Crippen LogP) is 3.11. The fraction of sp³-hybridized carbons (Fsp3) is 0.333. The summed E-state index contributed by atoms with van der Waals surface area (Å²) in [6.07, 6.45) is -0.583. The lowest BCUT2D eigenvalue weighted by Crippen LogP contribution is -2.26. The zero-order chi connectivity index (χ0) is 22.5. The lowest BCUT2D eigenvalue weighted by Gasteiger charge is -2.20. The topological polar surface area (TPSA) is 102 Å². The van der Waals surface area contributed by atoms with Crippen molar-refractivity contribution >= 4 is 11.8 Å². The maximum atomic E-state index is 13.1. The molecule has 2 N–H and O–H groups in total. The quantitative estimate of drug-likeness (QED) is 0.574. The molecule has 0 fully saturated rings. The molecule has 7 heteroatoms. The van der Waals surface area contributed by atoms with Crippen molar-refractivity contribution in [2.24, 2.45) is 0 Å². The normalized spacial score (nSPS) is 22.8. The number of methoxy groups -OCH3 is 1. The highest BCUT2D eigenvalue weighted by atomic mass is 16.7. The van der Waals surface area contributed by atoms with E-state index in [1.165, 1.54) is 19.3 Å². The SMILES string of the molecule is COCOc1cc(C)cc2c1C(=O)O[C@@H](C)C/C=C\C(=O)[C@@H](O)[C@H](O)c1cccc-2c1. The predicted molar refractivity (Wildman–Crippen MR) is 114 cm³/mol. The number of fused-ring (bicyclic) bond motifs is 4. The first-order valence-electron chi connectivity index (χ1n) is 9.96. The van der Waals surface area contributed by atoms with Gasteiger partial charge in [0.15, 0.2) is 12.6 Å². The van der Waals surface area contributed by atoms with Gasteiger partial charge in [-0.15, -0.1) is 0 Å². The van der Waals surface area contributed by atoms with E-state index in [-0.39, 0.29) is 18.8 Å². The summed E-state index contributed by atoms with van der Waals surface area (Å²) in [5, 5.41) is 20.9. The fourth-order valence-corrected chi connectivity index (χ4v) is 3.42. The van der Waals surface area contributed by atoms with E-state index in [2.05, 4.69) is 0 Å². The lowest BCUT2D eigenvalue weighted by atomic mass is 9.92. The molecule has 0 aliphatic carbocycles. The first kappa shape index (κ1) is 22.7. The van der Waals surface area contributed by atoms with Crippen LogP contribution in [0, 0.1) is 6.92 Å². The summed E-state index contributed by atoms with van der Waals surface area (Å²) >= 11 is 0. The molecule has 3 rings (SSSR count). The minimum atomic E-state index is -1.61. The van der Waals surface area contributed by atoms with Gasteiger partial charge in [0.2, 0.25) is 0 Å². The van der Waals surface area contributed by atoms with Crippen molar-refractivity contribution in [1.29, 1.82) is 0 Å². The van der Waals surface area contributed by atoms with Crippen LogP contribution in [-0.2, 0) is 14.3 Å². The standard InChI is InChI=1S/C24H26O7/c1-14-10-18-16-7-5-8-17(12-16)22(26)23(27)19(25)9-4-6-15(2)31-24(28)21(18)20(11-14)30-13-29-3/h4-5,7-12,15,22-23,26-27H,6,13H2,1-3H3/b9-4-/t15-,22+,23+/m0/s1. The number of hydrogen-bond donors (Lipinski definition) is 2. The Hall–Kier alpha value is -3.00. The van der Waals surface area contributed by atoms with E-state index in [1.54, 1.807) is 37.3 Å². The highest BCUT2D eigenvalue weighted by Gasteiger charge is 2.27. The molecule has 2 bridgehead atoms. The second-order valence-corrected chi connectivity index (χ2v) is 7.51. The minimum Gasteiger partial charge on any atom is -0.467 e. The molecule has 0 saturated heterocycles. The number of benzene rings is 2. The van der Waals surface area contributed by atoms with Crippen LogP contribution in [0.4, 0.5) is 0 Å². The van der Waals surface area contributed by atoms with E-state index >= 15 is 0 Å². The van der Waals surface area contributed by atoms with Gasteiger partial charge in [0, 0.05) is 19.1 Å². The Bertz CT molecular complexity index is 995. The van der Waals surface area contributed by atoms with Gasteiger partial charge in [0.05, 0.1) is 0 Å². The van der Waals surface area contributed by atoms with E-state index in [1.807, 2.05) is 13.0 Å². The van der Waals surface area contributed by atoms with Gasteiger partial charge in [-0.1, -0.05) is 30.3 Å². The molecule has 31 heavy (non-hydrogen) atoms. The molecule has 7 nitrogen and oxygen atoms in total. The summed E-state index contributed by atoms with van der Waals surface area (Å²) in [4.78, 5) is 25.3. The number of ether oxygens (including phenoxy) is 3. The van der Waals surface area contributed by atoms with Crippen LogP contribution in [0.3, 0.4) is 0 Å². The molecular weight excluding hydrogens is 400 g/mol. The number of carbonyl (C=O) groups excluding carboxylic acids is 2. The molecule has 1 aliphatic heterocycles. The lowest BCUT2D eigenvalue weighted by molar-refractivity contribution is -0.128. The molecule has 2 aromatic carbocycles. The molecular formula is C24H26O7. The second-order valence-electron chi connectivity index (χ2n) is 7.51. The molecule has 0 amide bonds. The zero-order valence-corrected chi connectivity index (χ0v) is 17.7. The van der Waals surface area contributed by atoms with Crippen molar-refractivity contribution in [1.82, 2.24) is 0 Å². The van der Waals surface area contributed by atoms with E-state index in [0.717, 1.165) is 5.56 Å². The smallest absolute Gasteiger partial charge is 0.342 e. The van der Waals surface area contributed by atoms with Crippen molar-refractivity contribution in [3.05, 3.63) is 65.2 Å². The van der Waals surface area contributed by atoms with Crippen molar-refractivity contribution in [2.75, 3.05) is 13.9 Å². The Morgan fingerprint density at radius 1 is 1.13 bits per heavy atom. The van der Waals surface area contributed by atoms with E-state index in [4.69, 9.17) is 14.2 Å². The van der Waals surface area contributed by atoms with Crippen LogP contribution in [0.15, 0.2) is 48.6 Å². The summed E-state index contributed by atoms with van der Waals surface area (Å²) < 4.78 is 16.3. The first-order chi connectivity index (χ1) is 14.8. The number of esters is 1. The minimum absolute atomic E-state index is 0.0471. The number of cyclic esters (lactones) is 1. The van der Waals surface area contributed by atoms with Crippen LogP contribution in [0.2, 0.25) is 0 Å². The van der Waals surface area contributed by atoms with Crippen molar-refractivity contribution < 1.29 is 34.0 Å². The number of carbonyl (C=O) groups is 2. The molecule has 0 unspecified atom stereocenters. The Kier molecular flexibility index (Phi) is 7.22. The summed E-state index contributed by atoms with van der Waals surface area (Å²) in [7, 11) is 1.49. The van der Waals surface area contributed by atoms with Crippen LogP contribution in [0.5, 0.6) is 5.75 Å². The van der Waals surface area contributed by atoms with Crippen LogP contribution in [-0.4, -0.2) is 48.1 Å². The van der Waals surface area contributed by atoms with Gasteiger partial charge in [-0.05, 0) is 48.7 Å². The molecule has 1 heterocycles. The average Bonchev–Trinajstić information content (AvgIpc) is 2.75. The summed E-state index contributed by atoms with van der Waals surface area (Å²) in [5.41, 5.74) is 2.58. The van der Waals surface area contributed by atoms with E-state index in [0.29, 0.717) is 22.4 Å². The van der Waals surface area contributed by atoms with Gasteiger partial charge < -0.3 is 24.4 Å². The number of ketones is 1. The highest BCUT2D eigenvalue weighted by Crippen LogP contribution is 2.35. The Morgan fingerprint density at radius 3 is 2.65 bits per heavy atom. The number of rotatable bonds is 3. The maximum Gasteiger partial charge on any atom is 0.342 e. The Labute approximate surface area is 180 Å². The molecule has 0 spiro atoms. The second kappa shape index (κ2) is 9.87. The van der Waals surface area contributed by atoms with Crippen LogP contribution in [0.25, 0.3) is 11.1 Å². The van der Waals surface area contributed by atoms with Crippen molar-refractivity contribution in [3.8, 4) is 16.9 Å². The first-order valence-corrected chi connectivity index (χ1v) is 9.96. The molecule has 0 aromatic heterocycles. The third-order valence-electron chi connectivity index (χ3n) is 4.97. The summed E-state index contributed by atoms with van der Waals surface area (Å²) in [5.74, 6) is -0.880. The largest absolute Gasteiger partial charge is 0.467 e. The maximum absolute atomic E-state index is 13.1. The van der Waals surface area contributed by atoms with Gasteiger partial charge in [-0.2, -0.15) is 0 Å². The average molecular weight is 426 g/mol. The highest BCUT2D eigenvalue weighted by molar-refractivity contribution is 6.00. The third kappa shape index (κ3) is 5.19. The zero-order valence-electron chi connectivity index (χ0n) is 17.7. The molecule has 3 atom stereocenters. The van der Waals surface area contributed by atoms with Crippen molar-refractivity contribution in [2.45, 2.75) is 38.6 Å². The van der Waals surface area contributed by atoms with Gasteiger partial charge >= 0.3 is 5.97 Å². The number of aryl methyl sites for hydroxylation is 1. The monoisotopic (exact) mass is 426 g/mol. The Balaban J connectivity index is 2.21. The van der Waals surface area contributed by atoms with Crippen LogP contribution >= 0.6 is 0 Å². The van der Waals surface area contributed by atoms with Crippen LogP contribution in [0.1, 0.15) is 40.9 Å². The molecule has 0 saturated carbocycles. The van der Waals surface area contributed by atoms with E-state index in [9.17, 15) is 19.8 Å². The van der Waals surface area contributed by atoms with Crippen LogP contribution < -0.4 is 4.74 Å². The summed E-state index contributed by atoms with van der Waals surface area (Å²) in [6, 6.07) is 10.2. The number of aliphatic hydroxyl groups excluding tert-OH is 2. The Morgan fingerprint density at radius 2 is 1.90 bits per heavy atom. The molecule has 164 valence electrons. The van der Waals surface area contributed by atoms with Gasteiger partial charge in [-0.25, -0.2) is 4.79 Å². The van der Waals surface area contributed by atoms with E-state index < -0.39 is 30.1 Å². The third-order valence-corrected chi connectivity index (χ3v) is 4.97. The molecule has 1 aliphatic rings. The van der Waals surface area contributed by atoms with Crippen molar-refractivity contribution in [3.63, 3.8) is 0 Å². The van der Waals surface area contributed by atoms with Gasteiger partial charge in [0.1, 0.15) is 29.6 Å². The fourth-order valence-electron chi connectivity index (χ4n) is 3.42. The van der Waals surface area contributed by atoms with Gasteiger partial charge in [0.25, 0.3) is 0 Å². The molecule has 0 radical (unpaired) electrons. The molecule has 2 aromatic rings. The summed E-state index contributed by atoms with van der Waals surface area (Å²) in [6.45, 7) is 3.52. The van der Waals surface area contributed by atoms with Gasteiger partial charge in [-0.3, -0.25) is 4.79 Å². The number of aliphatic hydroxyl groups is 2.